The minimum atomic E-state index is 0.693. The number of hydrogen-bond acceptors (Lipinski definition) is 2. The van der Waals surface area contributed by atoms with E-state index in [1.165, 1.54) is 49.8 Å². The molecule has 1 heterocycles. The van der Waals surface area contributed by atoms with E-state index in [1.807, 2.05) is 0 Å². The van der Waals surface area contributed by atoms with Gasteiger partial charge < -0.3 is 10.1 Å². The molecule has 0 radical (unpaired) electrons. The lowest BCUT2D eigenvalue weighted by molar-refractivity contribution is 0.322. The van der Waals surface area contributed by atoms with Crippen LogP contribution < -0.4 is 10.1 Å². The monoisotopic (exact) mass is 245 g/mol. The normalized spacial score (nSPS) is 23.5. The van der Waals surface area contributed by atoms with Crippen molar-refractivity contribution < 1.29 is 4.74 Å². The fraction of sp³-hybridized carbons (Fsp3) is 0.625. The highest BCUT2D eigenvalue weighted by Crippen LogP contribution is 2.42. The first kappa shape index (κ1) is 11.9. The Bertz CT molecular complexity index is 410. The SMILES string of the molecule is COc1cccc2c1NCC2CC1CCCCC1. The molecule has 1 aromatic carbocycles. The number of benzene rings is 1. The standard InChI is InChI=1S/C16H23NO/c1-18-15-9-5-8-14-13(11-17-16(14)15)10-12-6-3-2-4-7-12/h5,8-9,12-13,17H,2-4,6-7,10-11H2,1H3. The number of hydrogen-bond donors (Lipinski definition) is 1. The number of anilines is 1. The maximum atomic E-state index is 5.43. The fourth-order valence-corrected chi connectivity index (χ4v) is 3.62. The summed E-state index contributed by atoms with van der Waals surface area (Å²) < 4.78 is 5.43. The summed E-state index contributed by atoms with van der Waals surface area (Å²) in [5, 5.41) is 3.53. The van der Waals surface area contributed by atoms with Crippen LogP contribution in [0.2, 0.25) is 0 Å². The number of fused-ring (bicyclic) bond motifs is 1. The van der Waals surface area contributed by atoms with E-state index < -0.39 is 0 Å². The lowest BCUT2D eigenvalue weighted by Gasteiger charge is -2.24. The number of nitrogens with one attached hydrogen (secondary N) is 1. The summed E-state index contributed by atoms with van der Waals surface area (Å²) in [6.45, 7) is 1.09. The summed E-state index contributed by atoms with van der Waals surface area (Å²) in [5.74, 6) is 2.64. The van der Waals surface area contributed by atoms with Gasteiger partial charge in [0.15, 0.2) is 0 Å². The van der Waals surface area contributed by atoms with Crippen molar-refractivity contribution in [3.8, 4) is 5.75 Å². The summed E-state index contributed by atoms with van der Waals surface area (Å²) in [4.78, 5) is 0. The Morgan fingerprint density at radius 3 is 2.83 bits per heavy atom. The van der Waals surface area contributed by atoms with Crippen LogP contribution in [-0.4, -0.2) is 13.7 Å². The minimum absolute atomic E-state index is 0.693. The average molecular weight is 245 g/mol. The van der Waals surface area contributed by atoms with Crippen LogP contribution in [0, 0.1) is 5.92 Å². The van der Waals surface area contributed by atoms with Gasteiger partial charge in [0, 0.05) is 12.5 Å². The molecule has 1 saturated carbocycles. The molecular weight excluding hydrogens is 222 g/mol. The lowest BCUT2D eigenvalue weighted by atomic mass is 9.81. The van der Waals surface area contributed by atoms with E-state index in [4.69, 9.17) is 4.74 Å². The van der Waals surface area contributed by atoms with Crippen LogP contribution in [0.4, 0.5) is 5.69 Å². The van der Waals surface area contributed by atoms with Gasteiger partial charge in [0.1, 0.15) is 5.75 Å². The largest absolute Gasteiger partial charge is 0.495 e. The van der Waals surface area contributed by atoms with Crippen molar-refractivity contribution in [3.05, 3.63) is 23.8 Å². The molecule has 3 rings (SSSR count). The summed E-state index contributed by atoms with van der Waals surface area (Å²) in [5.41, 5.74) is 2.71. The van der Waals surface area contributed by atoms with Gasteiger partial charge in [-0.1, -0.05) is 44.2 Å². The van der Waals surface area contributed by atoms with Gasteiger partial charge in [-0.3, -0.25) is 0 Å². The lowest BCUT2D eigenvalue weighted by Crippen LogP contribution is -2.12. The average Bonchev–Trinajstić information content (AvgIpc) is 2.83. The van der Waals surface area contributed by atoms with Gasteiger partial charge in [-0.2, -0.15) is 0 Å². The molecule has 0 aromatic heterocycles. The Morgan fingerprint density at radius 2 is 2.06 bits per heavy atom. The molecule has 1 atom stereocenters. The van der Waals surface area contributed by atoms with E-state index in [0.29, 0.717) is 5.92 Å². The third-order valence-corrected chi connectivity index (χ3v) is 4.59. The number of rotatable bonds is 3. The smallest absolute Gasteiger partial charge is 0.142 e. The van der Waals surface area contributed by atoms with E-state index in [9.17, 15) is 0 Å². The molecule has 0 saturated heterocycles. The molecule has 1 fully saturated rings. The summed E-state index contributed by atoms with van der Waals surface area (Å²) >= 11 is 0. The van der Waals surface area contributed by atoms with Gasteiger partial charge in [0.25, 0.3) is 0 Å². The second-order valence-electron chi connectivity index (χ2n) is 5.74. The van der Waals surface area contributed by atoms with Gasteiger partial charge >= 0.3 is 0 Å². The molecule has 2 nitrogen and oxygen atoms in total. The van der Waals surface area contributed by atoms with Crippen molar-refractivity contribution in [1.29, 1.82) is 0 Å². The molecule has 18 heavy (non-hydrogen) atoms. The van der Waals surface area contributed by atoms with Gasteiger partial charge in [-0.05, 0) is 24.0 Å². The first-order valence-electron chi connectivity index (χ1n) is 7.29. The van der Waals surface area contributed by atoms with Crippen molar-refractivity contribution in [1.82, 2.24) is 0 Å². The first-order chi connectivity index (χ1) is 8.88. The van der Waals surface area contributed by atoms with Crippen LogP contribution >= 0.6 is 0 Å². The van der Waals surface area contributed by atoms with Gasteiger partial charge in [0.05, 0.1) is 12.8 Å². The number of ether oxygens (including phenoxy) is 1. The van der Waals surface area contributed by atoms with E-state index in [1.54, 1.807) is 7.11 Å². The molecule has 2 aliphatic rings. The van der Waals surface area contributed by atoms with Crippen LogP contribution in [0.25, 0.3) is 0 Å². The van der Waals surface area contributed by atoms with Gasteiger partial charge in [-0.25, -0.2) is 0 Å². The van der Waals surface area contributed by atoms with E-state index in [2.05, 4.69) is 23.5 Å². The molecule has 1 unspecified atom stereocenters. The van der Waals surface area contributed by atoms with Crippen molar-refractivity contribution in [2.45, 2.75) is 44.4 Å². The molecule has 0 spiro atoms. The highest BCUT2D eigenvalue weighted by atomic mass is 16.5. The second-order valence-corrected chi connectivity index (χ2v) is 5.74. The Labute approximate surface area is 110 Å². The molecule has 0 amide bonds. The van der Waals surface area contributed by atoms with Crippen LogP contribution in [0.1, 0.15) is 50.0 Å². The first-order valence-corrected chi connectivity index (χ1v) is 7.29. The van der Waals surface area contributed by atoms with Crippen molar-refractivity contribution in [2.24, 2.45) is 5.92 Å². The van der Waals surface area contributed by atoms with E-state index in [-0.39, 0.29) is 0 Å². The highest BCUT2D eigenvalue weighted by molar-refractivity contribution is 5.66. The molecule has 1 aliphatic heterocycles. The predicted octanol–water partition coefficient (Wildman–Crippen LogP) is 4.17. The van der Waals surface area contributed by atoms with Crippen LogP contribution in [-0.2, 0) is 0 Å². The Morgan fingerprint density at radius 1 is 1.22 bits per heavy atom. The molecule has 98 valence electrons. The van der Waals surface area contributed by atoms with E-state index in [0.717, 1.165) is 18.2 Å². The third kappa shape index (κ3) is 2.21. The Balaban J connectivity index is 1.73. The van der Waals surface area contributed by atoms with Crippen molar-refractivity contribution >= 4 is 5.69 Å². The summed E-state index contributed by atoms with van der Waals surface area (Å²) in [7, 11) is 1.76. The maximum Gasteiger partial charge on any atom is 0.142 e. The van der Waals surface area contributed by atoms with Crippen LogP contribution in [0.15, 0.2) is 18.2 Å². The van der Waals surface area contributed by atoms with Gasteiger partial charge in [-0.15, -0.1) is 0 Å². The van der Waals surface area contributed by atoms with Crippen molar-refractivity contribution in [3.63, 3.8) is 0 Å². The summed E-state index contributed by atoms with van der Waals surface area (Å²) in [6, 6.07) is 6.44. The highest BCUT2D eigenvalue weighted by Gasteiger charge is 2.27. The zero-order valence-corrected chi connectivity index (χ0v) is 11.2. The van der Waals surface area contributed by atoms with Crippen LogP contribution in [0.5, 0.6) is 5.75 Å². The predicted molar refractivity (Wildman–Crippen MR) is 75.4 cm³/mol. The Hall–Kier alpha value is -1.18. The zero-order valence-electron chi connectivity index (χ0n) is 11.2. The molecular formula is C16H23NO. The molecule has 1 aromatic rings. The quantitative estimate of drug-likeness (QED) is 0.862. The second kappa shape index (κ2) is 5.21. The molecule has 0 bridgehead atoms. The minimum Gasteiger partial charge on any atom is -0.495 e. The molecule has 1 aliphatic carbocycles. The third-order valence-electron chi connectivity index (χ3n) is 4.59. The fourth-order valence-electron chi connectivity index (χ4n) is 3.62. The van der Waals surface area contributed by atoms with Crippen molar-refractivity contribution in [2.75, 3.05) is 19.0 Å². The zero-order chi connectivity index (χ0) is 12.4. The maximum absolute atomic E-state index is 5.43. The number of methoxy groups -OCH3 is 1. The van der Waals surface area contributed by atoms with Gasteiger partial charge in [0.2, 0.25) is 0 Å². The van der Waals surface area contributed by atoms with Crippen LogP contribution in [0.3, 0.4) is 0 Å². The Kier molecular flexibility index (Phi) is 3.44. The molecule has 2 heteroatoms. The van der Waals surface area contributed by atoms with E-state index >= 15 is 0 Å². The number of para-hydroxylation sites is 1. The molecule has 1 N–H and O–H groups in total. The topological polar surface area (TPSA) is 21.3 Å². The summed E-state index contributed by atoms with van der Waals surface area (Å²) in [6.07, 6.45) is 8.56.